The molecule has 3 rings (SSSR count). The molecule has 0 spiro atoms. The van der Waals surface area contributed by atoms with Gasteiger partial charge in [0, 0.05) is 31.9 Å². The summed E-state index contributed by atoms with van der Waals surface area (Å²) in [7, 11) is 0. The second-order valence-electron chi connectivity index (χ2n) is 8.52. The van der Waals surface area contributed by atoms with Crippen LogP contribution in [-0.2, 0) is 22.4 Å². The predicted molar refractivity (Wildman–Crippen MR) is 138 cm³/mol. The minimum atomic E-state index is -0.465. The summed E-state index contributed by atoms with van der Waals surface area (Å²) in [5, 5.41) is 5.97. The van der Waals surface area contributed by atoms with Gasteiger partial charge < -0.3 is 20.3 Å². The van der Waals surface area contributed by atoms with Crippen LogP contribution in [0.2, 0.25) is 0 Å². The van der Waals surface area contributed by atoms with E-state index in [4.69, 9.17) is 4.74 Å². The third kappa shape index (κ3) is 7.05. The zero-order valence-corrected chi connectivity index (χ0v) is 20.9. The molecule has 0 aliphatic carbocycles. The average molecular weight is 481 g/mol. The lowest BCUT2D eigenvalue weighted by Crippen LogP contribution is -2.39. The van der Waals surface area contributed by atoms with Crippen LogP contribution in [0.5, 0.6) is 0 Å². The Bertz CT molecular complexity index is 1020. The van der Waals surface area contributed by atoms with Gasteiger partial charge in [0.25, 0.3) is 0 Å². The van der Waals surface area contributed by atoms with Crippen molar-refractivity contribution in [3.8, 4) is 0 Å². The molecular weight excluding hydrogens is 444 g/mol. The standard InChI is InChI=1S/C27H36N4O4/c1-4-20-11-9-12-21(5-2)25(20)29-24(32)19-30-15-10-16-31(18-17-30)27(34)28-23-14-8-7-13-22(23)26(33)35-6-3/h7-9,11-14H,4-6,10,15-19H2,1-3H3,(H,28,34)(H,29,32). The normalized spacial score (nSPS) is 14.2. The molecule has 0 atom stereocenters. The fraction of sp³-hybridized carbons (Fsp3) is 0.444. The summed E-state index contributed by atoms with van der Waals surface area (Å²) in [5.41, 5.74) is 3.96. The number of hydrogen-bond donors (Lipinski definition) is 2. The van der Waals surface area contributed by atoms with Crippen molar-refractivity contribution in [2.75, 3.05) is 50.0 Å². The van der Waals surface area contributed by atoms with E-state index in [1.165, 1.54) is 0 Å². The number of urea groups is 1. The van der Waals surface area contributed by atoms with Crippen LogP contribution in [0.15, 0.2) is 42.5 Å². The van der Waals surface area contributed by atoms with Gasteiger partial charge >= 0.3 is 12.0 Å². The van der Waals surface area contributed by atoms with E-state index in [2.05, 4.69) is 41.5 Å². The van der Waals surface area contributed by atoms with Crippen LogP contribution < -0.4 is 10.6 Å². The van der Waals surface area contributed by atoms with Crippen molar-refractivity contribution >= 4 is 29.3 Å². The molecule has 0 bridgehead atoms. The van der Waals surface area contributed by atoms with Crippen molar-refractivity contribution in [3.63, 3.8) is 0 Å². The number of carbonyl (C=O) groups excluding carboxylic acids is 3. The van der Waals surface area contributed by atoms with Crippen molar-refractivity contribution in [3.05, 3.63) is 59.2 Å². The van der Waals surface area contributed by atoms with E-state index < -0.39 is 5.97 Å². The number of nitrogens with zero attached hydrogens (tertiary/aromatic N) is 2. The highest BCUT2D eigenvalue weighted by Gasteiger charge is 2.22. The predicted octanol–water partition coefficient (Wildman–Crippen LogP) is 4.17. The first-order chi connectivity index (χ1) is 17.0. The molecule has 0 saturated carbocycles. The number of anilines is 2. The first-order valence-corrected chi connectivity index (χ1v) is 12.4. The number of rotatable bonds is 8. The molecule has 8 nitrogen and oxygen atoms in total. The number of hydrogen-bond acceptors (Lipinski definition) is 5. The molecule has 1 aliphatic heterocycles. The zero-order chi connectivity index (χ0) is 25.2. The summed E-state index contributed by atoms with van der Waals surface area (Å²) in [6.07, 6.45) is 2.47. The molecule has 35 heavy (non-hydrogen) atoms. The van der Waals surface area contributed by atoms with Gasteiger partial charge in [-0.05, 0) is 49.4 Å². The van der Waals surface area contributed by atoms with Gasteiger partial charge in [-0.1, -0.05) is 44.2 Å². The van der Waals surface area contributed by atoms with Gasteiger partial charge in [-0.2, -0.15) is 0 Å². The van der Waals surface area contributed by atoms with Gasteiger partial charge in [0.15, 0.2) is 0 Å². The molecule has 2 N–H and O–H groups in total. The molecule has 0 radical (unpaired) electrons. The summed E-state index contributed by atoms with van der Waals surface area (Å²) >= 11 is 0. The van der Waals surface area contributed by atoms with E-state index in [9.17, 15) is 14.4 Å². The van der Waals surface area contributed by atoms with Crippen LogP contribution in [0.4, 0.5) is 16.2 Å². The van der Waals surface area contributed by atoms with E-state index in [1.54, 1.807) is 36.1 Å². The fourth-order valence-electron chi connectivity index (χ4n) is 4.29. The minimum Gasteiger partial charge on any atom is -0.462 e. The number of carbonyl (C=O) groups is 3. The first kappa shape index (κ1) is 26.2. The molecule has 8 heteroatoms. The third-order valence-electron chi connectivity index (χ3n) is 6.17. The summed E-state index contributed by atoms with van der Waals surface area (Å²) in [5.74, 6) is -0.505. The molecule has 0 aromatic heterocycles. The van der Waals surface area contributed by atoms with Crippen LogP contribution in [0, 0.1) is 0 Å². The molecule has 1 heterocycles. The first-order valence-electron chi connectivity index (χ1n) is 12.4. The Morgan fingerprint density at radius 3 is 2.26 bits per heavy atom. The fourth-order valence-corrected chi connectivity index (χ4v) is 4.29. The number of aryl methyl sites for hydroxylation is 2. The maximum atomic E-state index is 12.9. The van der Waals surface area contributed by atoms with Crippen molar-refractivity contribution in [1.29, 1.82) is 0 Å². The van der Waals surface area contributed by atoms with E-state index in [0.29, 0.717) is 30.9 Å². The average Bonchev–Trinajstić information content (AvgIpc) is 3.10. The number of benzene rings is 2. The van der Waals surface area contributed by atoms with Gasteiger partial charge in [0.1, 0.15) is 0 Å². The minimum absolute atomic E-state index is 0.0399. The monoisotopic (exact) mass is 480 g/mol. The van der Waals surface area contributed by atoms with Gasteiger partial charge in [-0.3, -0.25) is 9.69 Å². The van der Waals surface area contributed by atoms with Crippen LogP contribution in [-0.4, -0.2) is 67.0 Å². The van der Waals surface area contributed by atoms with Crippen molar-refractivity contribution in [1.82, 2.24) is 9.80 Å². The molecule has 2 aromatic rings. The Balaban J connectivity index is 1.57. The molecule has 2 aromatic carbocycles. The lowest BCUT2D eigenvalue weighted by Gasteiger charge is -2.23. The number of esters is 1. The summed E-state index contributed by atoms with van der Waals surface area (Å²) in [6, 6.07) is 12.7. The van der Waals surface area contributed by atoms with Crippen LogP contribution in [0.3, 0.4) is 0 Å². The Kier molecular flexibility index (Phi) is 9.66. The largest absolute Gasteiger partial charge is 0.462 e. The van der Waals surface area contributed by atoms with Crippen molar-refractivity contribution in [2.24, 2.45) is 0 Å². The van der Waals surface area contributed by atoms with Crippen LogP contribution >= 0.6 is 0 Å². The van der Waals surface area contributed by atoms with E-state index >= 15 is 0 Å². The molecule has 0 unspecified atom stereocenters. The number of amides is 3. The lowest BCUT2D eigenvalue weighted by molar-refractivity contribution is -0.117. The molecule has 1 fully saturated rings. The highest BCUT2D eigenvalue weighted by atomic mass is 16.5. The van der Waals surface area contributed by atoms with Crippen LogP contribution in [0.1, 0.15) is 48.7 Å². The summed E-state index contributed by atoms with van der Waals surface area (Å²) < 4.78 is 5.09. The maximum absolute atomic E-state index is 12.9. The molecule has 3 amide bonds. The Hall–Kier alpha value is -3.39. The third-order valence-corrected chi connectivity index (χ3v) is 6.17. The summed E-state index contributed by atoms with van der Waals surface area (Å²) in [4.78, 5) is 41.8. The van der Waals surface area contributed by atoms with E-state index in [1.807, 2.05) is 6.07 Å². The van der Waals surface area contributed by atoms with Gasteiger partial charge in [0.2, 0.25) is 5.91 Å². The quantitative estimate of drug-likeness (QED) is 0.554. The van der Waals surface area contributed by atoms with Gasteiger partial charge in [-0.25, -0.2) is 9.59 Å². The number of nitrogens with one attached hydrogen (secondary N) is 2. The second kappa shape index (κ2) is 12.9. The summed E-state index contributed by atoms with van der Waals surface area (Å²) in [6.45, 7) is 8.85. The SMILES string of the molecule is CCOC(=O)c1ccccc1NC(=O)N1CCCN(CC(=O)Nc2c(CC)cccc2CC)CC1. The number of para-hydroxylation sites is 2. The maximum Gasteiger partial charge on any atom is 0.340 e. The Morgan fingerprint density at radius 2 is 1.57 bits per heavy atom. The topological polar surface area (TPSA) is 91.0 Å². The molecule has 1 saturated heterocycles. The Labute approximate surface area is 207 Å². The smallest absolute Gasteiger partial charge is 0.340 e. The second-order valence-corrected chi connectivity index (χ2v) is 8.52. The highest BCUT2D eigenvalue weighted by Crippen LogP contribution is 2.23. The van der Waals surface area contributed by atoms with Crippen molar-refractivity contribution < 1.29 is 19.1 Å². The molecule has 1 aliphatic rings. The number of ether oxygens (including phenoxy) is 1. The van der Waals surface area contributed by atoms with E-state index in [0.717, 1.165) is 42.6 Å². The zero-order valence-electron chi connectivity index (χ0n) is 20.9. The molecule has 188 valence electrons. The van der Waals surface area contributed by atoms with Gasteiger partial charge in [-0.15, -0.1) is 0 Å². The van der Waals surface area contributed by atoms with Crippen molar-refractivity contribution in [2.45, 2.75) is 40.0 Å². The Morgan fingerprint density at radius 1 is 0.857 bits per heavy atom. The highest BCUT2D eigenvalue weighted by molar-refractivity contribution is 6.00. The molecular formula is C27H36N4O4. The van der Waals surface area contributed by atoms with E-state index in [-0.39, 0.29) is 25.1 Å². The van der Waals surface area contributed by atoms with Crippen LogP contribution in [0.25, 0.3) is 0 Å². The van der Waals surface area contributed by atoms with Gasteiger partial charge in [0.05, 0.1) is 24.4 Å². The lowest BCUT2D eigenvalue weighted by atomic mass is 10.0.